The summed E-state index contributed by atoms with van der Waals surface area (Å²) in [5.74, 6) is -4.58. The van der Waals surface area contributed by atoms with E-state index in [9.17, 15) is 18.4 Å². The largest absolute Gasteiger partial charge is 0.482 e. The molecule has 1 aliphatic rings. The molecule has 2 rings (SSSR count). The molecule has 0 radical (unpaired) electrons. The first kappa shape index (κ1) is 18.3. The highest BCUT2D eigenvalue weighted by molar-refractivity contribution is 6.32. The zero-order valence-electron chi connectivity index (χ0n) is 13.2. The number of rotatable bonds is 3. The van der Waals surface area contributed by atoms with Crippen molar-refractivity contribution in [2.24, 2.45) is 0 Å². The maximum absolute atomic E-state index is 13.9. The molecule has 1 amide bonds. The highest BCUT2D eigenvalue weighted by Gasteiger charge is 2.36. The van der Waals surface area contributed by atoms with Gasteiger partial charge in [0.2, 0.25) is 0 Å². The van der Waals surface area contributed by atoms with Gasteiger partial charge in [0.25, 0.3) is 0 Å². The van der Waals surface area contributed by atoms with Crippen LogP contribution in [0.2, 0.25) is 5.02 Å². The number of benzene rings is 1. The van der Waals surface area contributed by atoms with E-state index in [0.29, 0.717) is 6.07 Å². The second-order valence-corrected chi connectivity index (χ2v) is 6.67. The van der Waals surface area contributed by atoms with Crippen molar-refractivity contribution in [2.45, 2.75) is 32.5 Å². The second kappa shape index (κ2) is 6.43. The number of carboxylic acids is 1. The molecule has 0 atom stereocenters. The smallest absolute Gasteiger partial charge is 0.410 e. The number of amides is 1. The minimum atomic E-state index is -1.64. The summed E-state index contributed by atoms with van der Waals surface area (Å²) in [5.41, 5.74) is -1.53. The van der Waals surface area contributed by atoms with Gasteiger partial charge in [-0.3, -0.25) is 0 Å². The fourth-order valence-electron chi connectivity index (χ4n) is 2.00. The van der Waals surface area contributed by atoms with Crippen molar-refractivity contribution in [2.75, 3.05) is 13.1 Å². The van der Waals surface area contributed by atoms with Gasteiger partial charge in [-0.15, -0.1) is 0 Å². The predicted octanol–water partition coefficient (Wildman–Crippen LogP) is 3.31. The van der Waals surface area contributed by atoms with Crippen molar-refractivity contribution in [1.82, 2.24) is 4.90 Å². The maximum Gasteiger partial charge on any atom is 0.410 e. The summed E-state index contributed by atoms with van der Waals surface area (Å²) < 4.78 is 38.1. The molecule has 1 aromatic carbocycles. The third-order valence-corrected chi connectivity index (χ3v) is 3.47. The van der Waals surface area contributed by atoms with E-state index in [1.54, 1.807) is 20.8 Å². The molecule has 1 heterocycles. The summed E-state index contributed by atoms with van der Waals surface area (Å²) >= 11 is 5.65. The molecule has 9 heteroatoms. The number of likely N-dealkylation sites (tertiary alicyclic amines) is 1. The number of nitrogens with zero attached hydrogens (tertiary/aromatic N) is 1. The van der Waals surface area contributed by atoms with E-state index in [1.165, 1.54) is 4.90 Å². The molecular formula is C15H16ClF2NO5. The number of ether oxygens (including phenoxy) is 2. The third-order valence-electron chi connectivity index (χ3n) is 3.13. The summed E-state index contributed by atoms with van der Waals surface area (Å²) in [4.78, 5) is 23.9. The average Bonchev–Trinajstić information content (AvgIpc) is 2.38. The van der Waals surface area contributed by atoms with Gasteiger partial charge in [0.05, 0.1) is 18.7 Å². The Hall–Kier alpha value is -2.09. The van der Waals surface area contributed by atoms with E-state index >= 15 is 0 Å². The second-order valence-electron chi connectivity index (χ2n) is 6.29. The Morgan fingerprint density at radius 1 is 1.33 bits per heavy atom. The highest BCUT2D eigenvalue weighted by Crippen LogP contribution is 2.34. The molecule has 1 saturated heterocycles. The average molecular weight is 364 g/mol. The lowest BCUT2D eigenvalue weighted by atomic mass is 10.1. The van der Waals surface area contributed by atoms with Crippen LogP contribution in [0.15, 0.2) is 6.07 Å². The first-order valence-corrected chi connectivity index (χ1v) is 7.42. The molecule has 1 aliphatic heterocycles. The number of carbonyl (C=O) groups excluding carboxylic acids is 1. The van der Waals surface area contributed by atoms with E-state index < -0.39 is 51.7 Å². The number of aromatic carboxylic acids is 1. The van der Waals surface area contributed by atoms with Gasteiger partial charge in [-0.25, -0.2) is 18.4 Å². The third kappa shape index (κ3) is 3.87. The van der Waals surface area contributed by atoms with Crippen LogP contribution in [0.5, 0.6) is 5.75 Å². The summed E-state index contributed by atoms with van der Waals surface area (Å²) in [6.45, 7) is 5.40. The molecule has 6 nitrogen and oxygen atoms in total. The van der Waals surface area contributed by atoms with Gasteiger partial charge >= 0.3 is 12.1 Å². The number of hydrogen-bond acceptors (Lipinski definition) is 4. The number of halogens is 3. The van der Waals surface area contributed by atoms with Gasteiger partial charge in [-0.2, -0.15) is 0 Å². The van der Waals surface area contributed by atoms with Gasteiger partial charge < -0.3 is 19.5 Å². The molecule has 0 aliphatic carbocycles. The molecule has 132 valence electrons. The summed E-state index contributed by atoms with van der Waals surface area (Å²) in [7, 11) is 0. The van der Waals surface area contributed by atoms with E-state index in [4.69, 9.17) is 26.2 Å². The van der Waals surface area contributed by atoms with Crippen LogP contribution in [0.25, 0.3) is 0 Å². The summed E-state index contributed by atoms with van der Waals surface area (Å²) in [5, 5.41) is 8.02. The van der Waals surface area contributed by atoms with Crippen LogP contribution < -0.4 is 4.74 Å². The molecule has 0 unspecified atom stereocenters. The normalized spacial score (nSPS) is 15.0. The Morgan fingerprint density at radius 2 is 1.92 bits per heavy atom. The Kier molecular flexibility index (Phi) is 4.89. The topological polar surface area (TPSA) is 76.1 Å². The lowest BCUT2D eigenvalue weighted by molar-refractivity contribution is -0.0230. The van der Waals surface area contributed by atoms with Crippen LogP contribution in [0.1, 0.15) is 31.1 Å². The van der Waals surface area contributed by atoms with Gasteiger partial charge in [0.1, 0.15) is 16.7 Å². The van der Waals surface area contributed by atoms with E-state index in [0.717, 1.165) is 0 Å². The van der Waals surface area contributed by atoms with Crippen LogP contribution >= 0.6 is 11.6 Å². The molecule has 24 heavy (non-hydrogen) atoms. The van der Waals surface area contributed by atoms with E-state index in [1.807, 2.05) is 0 Å². The lowest BCUT2D eigenvalue weighted by Crippen LogP contribution is -2.57. The number of carboxylic acid groups (broad SMARTS) is 1. The Bertz CT molecular complexity index is 683. The molecule has 1 N–H and O–H groups in total. The van der Waals surface area contributed by atoms with Crippen LogP contribution in [-0.2, 0) is 4.74 Å². The van der Waals surface area contributed by atoms with Gasteiger partial charge in [-0.05, 0) is 26.8 Å². The highest BCUT2D eigenvalue weighted by atomic mass is 35.5. The Morgan fingerprint density at radius 3 is 2.42 bits per heavy atom. The molecular weight excluding hydrogens is 348 g/mol. The maximum atomic E-state index is 13.9. The van der Waals surface area contributed by atoms with Crippen LogP contribution in [0, 0.1) is 11.6 Å². The number of carbonyl (C=O) groups is 2. The zero-order valence-corrected chi connectivity index (χ0v) is 14.0. The Balaban J connectivity index is 2.03. The number of hydrogen-bond donors (Lipinski definition) is 1. The summed E-state index contributed by atoms with van der Waals surface area (Å²) in [6, 6.07) is 0.503. The summed E-state index contributed by atoms with van der Waals surface area (Å²) in [6.07, 6.45) is -1.14. The molecule has 1 fully saturated rings. The van der Waals surface area contributed by atoms with Crippen molar-refractivity contribution in [1.29, 1.82) is 0 Å². The standard InChI is InChI=1S/C15H16ClF2NO5/c1-15(2,3)24-14(22)19-5-7(6-19)23-12-9(17)4-8(13(20)21)11(18)10(12)16/h4,7H,5-6H2,1-3H3,(H,20,21). The van der Waals surface area contributed by atoms with Crippen molar-refractivity contribution in [3.05, 3.63) is 28.3 Å². The molecule has 0 aromatic heterocycles. The molecule has 0 spiro atoms. The minimum Gasteiger partial charge on any atom is -0.482 e. The predicted molar refractivity (Wildman–Crippen MR) is 80.6 cm³/mol. The fourth-order valence-corrected chi connectivity index (χ4v) is 2.23. The van der Waals surface area contributed by atoms with Crippen molar-refractivity contribution in [3.8, 4) is 5.75 Å². The molecule has 1 aromatic rings. The first-order valence-electron chi connectivity index (χ1n) is 7.05. The van der Waals surface area contributed by atoms with Crippen LogP contribution in [-0.4, -0.2) is 46.9 Å². The molecule has 0 bridgehead atoms. The SMILES string of the molecule is CC(C)(C)OC(=O)N1CC(Oc2c(F)cc(C(=O)O)c(F)c2Cl)C1. The first-order chi connectivity index (χ1) is 11.0. The van der Waals surface area contributed by atoms with Crippen molar-refractivity contribution >= 4 is 23.7 Å². The van der Waals surface area contributed by atoms with Crippen LogP contribution in [0.3, 0.4) is 0 Å². The lowest BCUT2D eigenvalue weighted by Gasteiger charge is -2.39. The minimum absolute atomic E-state index is 0.118. The van der Waals surface area contributed by atoms with Gasteiger partial charge in [-0.1, -0.05) is 11.6 Å². The fraction of sp³-hybridized carbons (Fsp3) is 0.467. The van der Waals surface area contributed by atoms with Crippen LogP contribution in [0.4, 0.5) is 13.6 Å². The molecule has 0 saturated carbocycles. The van der Waals surface area contributed by atoms with Gasteiger partial charge in [0, 0.05) is 0 Å². The van der Waals surface area contributed by atoms with Crippen molar-refractivity contribution in [3.63, 3.8) is 0 Å². The van der Waals surface area contributed by atoms with Crippen molar-refractivity contribution < 1.29 is 33.0 Å². The van der Waals surface area contributed by atoms with E-state index in [2.05, 4.69) is 0 Å². The monoisotopic (exact) mass is 363 g/mol. The quantitative estimate of drug-likeness (QED) is 0.834. The van der Waals surface area contributed by atoms with E-state index in [-0.39, 0.29) is 13.1 Å². The van der Waals surface area contributed by atoms with Gasteiger partial charge in [0.15, 0.2) is 17.4 Å². The zero-order chi connectivity index (χ0) is 18.2. The Labute approximate surface area is 141 Å².